The lowest BCUT2D eigenvalue weighted by Crippen LogP contribution is -2.40. The van der Waals surface area contributed by atoms with E-state index in [-0.39, 0.29) is 12.2 Å². The number of hydrogen-bond donors (Lipinski definition) is 1. The van der Waals surface area contributed by atoms with Gasteiger partial charge in [0.05, 0.1) is 11.4 Å². The average Bonchev–Trinajstić information content (AvgIpc) is 2.89. The predicted molar refractivity (Wildman–Crippen MR) is 75.4 cm³/mol. The molecule has 0 unspecified atom stereocenters. The fourth-order valence-corrected chi connectivity index (χ4v) is 2.64. The molecule has 4 nitrogen and oxygen atoms in total. The molecule has 100 valence electrons. The van der Waals surface area contributed by atoms with Gasteiger partial charge >= 0.3 is 5.97 Å². The van der Waals surface area contributed by atoms with E-state index in [9.17, 15) is 9.59 Å². The lowest BCUT2D eigenvalue weighted by atomic mass is 10.1. The second kappa shape index (κ2) is 5.93. The zero-order chi connectivity index (χ0) is 13.8. The highest BCUT2D eigenvalue weighted by atomic mass is 32.1. The summed E-state index contributed by atoms with van der Waals surface area (Å²) in [5, 5.41) is 9.10. The Morgan fingerprint density at radius 2 is 2.00 bits per heavy atom. The summed E-state index contributed by atoms with van der Waals surface area (Å²) < 4.78 is 0. The minimum Gasteiger partial charge on any atom is -0.480 e. The third-order valence-electron chi connectivity index (χ3n) is 3.27. The topological polar surface area (TPSA) is 57.6 Å². The first-order valence-electron chi connectivity index (χ1n) is 6.20. The van der Waals surface area contributed by atoms with E-state index in [1.807, 2.05) is 6.07 Å². The third-order valence-corrected chi connectivity index (χ3v) is 3.64. The molecule has 1 aliphatic heterocycles. The van der Waals surface area contributed by atoms with Crippen LogP contribution in [0, 0.1) is 0 Å². The first-order valence-corrected chi connectivity index (χ1v) is 6.61. The number of Topliss-reactive ketones (excluding diaryl/α,β-unsaturated/α-hetero) is 1. The Morgan fingerprint density at radius 1 is 1.32 bits per heavy atom. The number of benzene rings is 1. The van der Waals surface area contributed by atoms with Crippen LogP contribution in [0.1, 0.15) is 29.6 Å². The Balaban J connectivity index is 2.01. The van der Waals surface area contributed by atoms with Gasteiger partial charge in [-0.25, -0.2) is 4.79 Å². The molecule has 0 bridgehead atoms. The monoisotopic (exact) mass is 277 g/mol. The number of ketones is 1. The number of carboxylic acid groups (broad SMARTS) is 1. The van der Waals surface area contributed by atoms with Crippen LogP contribution in [0.4, 0.5) is 0 Å². The first-order chi connectivity index (χ1) is 9.09. The molecular weight excluding hydrogens is 262 g/mol. The minimum absolute atomic E-state index is 0.0679. The number of nitrogens with zero attached hydrogens (tertiary/aromatic N) is 1. The second-order valence-electron chi connectivity index (χ2n) is 4.55. The van der Waals surface area contributed by atoms with Crippen molar-refractivity contribution in [3.8, 4) is 0 Å². The molecule has 2 rings (SSSR count). The van der Waals surface area contributed by atoms with Gasteiger partial charge in [0, 0.05) is 12.1 Å². The summed E-state index contributed by atoms with van der Waals surface area (Å²) in [7, 11) is 0. The summed E-state index contributed by atoms with van der Waals surface area (Å²) >= 11 is 5.23. The van der Waals surface area contributed by atoms with E-state index >= 15 is 0 Å². The lowest BCUT2D eigenvalue weighted by molar-refractivity contribution is -0.140. The molecule has 0 spiro atoms. The Kier molecular flexibility index (Phi) is 4.27. The molecule has 1 atom stereocenters. The maximum Gasteiger partial charge on any atom is 0.326 e. The van der Waals surface area contributed by atoms with Gasteiger partial charge in [-0.3, -0.25) is 4.79 Å². The predicted octanol–water partition coefficient (Wildman–Crippen LogP) is 2.14. The van der Waals surface area contributed by atoms with Crippen LogP contribution in [0.15, 0.2) is 30.3 Å². The number of carbonyl (C=O) groups is 2. The molecule has 0 saturated carbocycles. The minimum atomic E-state index is -0.869. The van der Waals surface area contributed by atoms with Crippen molar-refractivity contribution in [2.75, 3.05) is 6.54 Å². The maximum absolute atomic E-state index is 12.0. The standard InChI is InChI=1S/C14H15NO3S/c16-12(10-5-2-1-3-6-10)9-13(19)15-8-4-7-11(15)14(17)18/h1-3,5-6,11H,4,7-9H2,(H,17,18)/t11-/m0/s1. The molecule has 1 aromatic carbocycles. The number of aliphatic carboxylic acids is 1. The van der Waals surface area contributed by atoms with E-state index in [0.717, 1.165) is 6.42 Å². The van der Waals surface area contributed by atoms with Crippen LogP contribution in [0.25, 0.3) is 0 Å². The highest BCUT2D eigenvalue weighted by Crippen LogP contribution is 2.20. The molecule has 1 fully saturated rings. The van der Waals surface area contributed by atoms with Crippen LogP contribution < -0.4 is 0 Å². The van der Waals surface area contributed by atoms with E-state index < -0.39 is 12.0 Å². The first kappa shape index (κ1) is 13.7. The Hall–Kier alpha value is -1.75. The third kappa shape index (κ3) is 3.17. The highest BCUT2D eigenvalue weighted by Gasteiger charge is 2.32. The van der Waals surface area contributed by atoms with Crippen molar-refractivity contribution in [2.24, 2.45) is 0 Å². The van der Waals surface area contributed by atoms with Crippen LogP contribution >= 0.6 is 12.2 Å². The number of thiocarbonyl (C=S) groups is 1. The van der Waals surface area contributed by atoms with Gasteiger partial charge in [-0.15, -0.1) is 0 Å². The molecule has 5 heteroatoms. The van der Waals surface area contributed by atoms with E-state index in [0.29, 0.717) is 23.5 Å². The molecule has 0 radical (unpaired) electrons. The molecule has 1 heterocycles. The fourth-order valence-electron chi connectivity index (χ4n) is 2.29. The molecule has 0 amide bonds. The highest BCUT2D eigenvalue weighted by molar-refractivity contribution is 7.80. The normalized spacial score (nSPS) is 18.3. The quantitative estimate of drug-likeness (QED) is 0.675. The summed E-state index contributed by atoms with van der Waals surface area (Å²) in [6, 6.07) is 8.35. The van der Waals surface area contributed by atoms with Gasteiger partial charge in [-0.2, -0.15) is 0 Å². The van der Waals surface area contributed by atoms with Crippen LogP contribution in [0.3, 0.4) is 0 Å². The van der Waals surface area contributed by atoms with Crippen LogP contribution in [0.2, 0.25) is 0 Å². The van der Waals surface area contributed by atoms with Gasteiger partial charge < -0.3 is 10.0 Å². The maximum atomic E-state index is 12.0. The Labute approximate surface area is 117 Å². The van der Waals surface area contributed by atoms with Crippen molar-refractivity contribution in [3.63, 3.8) is 0 Å². The van der Waals surface area contributed by atoms with E-state index in [1.165, 1.54) is 0 Å². The van der Waals surface area contributed by atoms with Crippen molar-refractivity contribution in [2.45, 2.75) is 25.3 Å². The van der Waals surface area contributed by atoms with Crippen LogP contribution in [0.5, 0.6) is 0 Å². The van der Waals surface area contributed by atoms with Crippen molar-refractivity contribution in [1.29, 1.82) is 0 Å². The average molecular weight is 277 g/mol. The Morgan fingerprint density at radius 3 is 2.63 bits per heavy atom. The Bertz CT molecular complexity index is 501. The van der Waals surface area contributed by atoms with E-state index in [2.05, 4.69) is 0 Å². The number of rotatable bonds is 4. The van der Waals surface area contributed by atoms with Gasteiger partial charge in [-0.05, 0) is 12.8 Å². The molecule has 0 aromatic heterocycles. The van der Waals surface area contributed by atoms with E-state index in [4.69, 9.17) is 17.3 Å². The van der Waals surface area contributed by atoms with Gasteiger partial charge in [0.2, 0.25) is 0 Å². The molecule has 1 N–H and O–H groups in total. The SMILES string of the molecule is O=C(CC(=S)N1CCC[C@H]1C(=O)O)c1ccccc1. The van der Waals surface area contributed by atoms with Gasteiger partial charge in [0.25, 0.3) is 0 Å². The molecular formula is C14H15NO3S. The zero-order valence-corrected chi connectivity index (χ0v) is 11.2. The number of likely N-dealkylation sites (tertiary alicyclic amines) is 1. The molecule has 1 aliphatic rings. The van der Waals surface area contributed by atoms with Crippen molar-refractivity contribution in [3.05, 3.63) is 35.9 Å². The van der Waals surface area contributed by atoms with Crippen molar-refractivity contribution >= 4 is 29.0 Å². The summed E-state index contributed by atoms with van der Waals surface area (Å²) in [5.41, 5.74) is 0.607. The summed E-state index contributed by atoms with van der Waals surface area (Å²) in [6.45, 7) is 0.623. The van der Waals surface area contributed by atoms with Gasteiger partial charge in [-0.1, -0.05) is 42.5 Å². The lowest BCUT2D eigenvalue weighted by Gasteiger charge is -2.23. The summed E-state index contributed by atoms with van der Waals surface area (Å²) in [6.07, 6.45) is 1.49. The van der Waals surface area contributed by atoms with Crippen LogP contribution in [-0.2, 0) is 4.79 Å². The summed E-state index contributed by atoms with van der Waals surface area (Å²) in [5.74, 6) is -0.936. The molecule has 1 aromatic rings. The molecule has 19 heavy (non-hydrogen) atoms. The zero-order valence-electron chi connectivity index (χ0n) is 10.4. The van der Waals surface area contributed by atoms with Crippen LogP contribution in [-0.4, -0.2) is 39.3 Å². The smallest absolute Gasteiger partial charge is 0.326 e. The molecule has 0 aliphatic carbocycles. The summed E-state index contributed by atoms with van der Waals surface area (Å²) in [4.78, 5) is 25.2. The van der Waals surface area contributed by atoms with Crippen molar-refractivity contribution in [1.82, 2.24) is 4.90 Å². The number of carboxylic acids is 1. The van der Waals surface area contributed by atoms with Gasteiger partial charge in [0.15, 0.2) is 5.78 Å². The largest absolute Gasteiger partial charge is 0.480 e. The second-order valence-corrected chi connectivity index (χ2v) is 5.02. The van der Waals surface area contributed by atoms with Crippen molar-refractivity contribution < 1.29 is 14.7 Å². The molecule has 1 saturated heterocycles. The fraction of sp³-hybridized carbons (Fsp3) is 0.357. The number of carbonyl (C=O) groups excluding carboxylic acids is 1. The van der Waals surface area contributed by atoms with Gasteiger partial charge in [0.1, 0.15) is 6.04 Å². The number of hydrogen-bond acceptors (Lipinski definition) is 3. The van der Waals surface area contributed by atoms with E-state index in [1.54, 1.807) is 29.2 Å².